The number of benzene rings is 3. The van der Waals surface area contributed by atoms with Gasteiger partial charge in [-0.25, -0.2) is 0 Å². The Morgan fingerprint density at radius 2 is 1.69 bits per heavy atom. The van der Waals surface area contributed by atoms with Gasteiger partial charge in [-0.05, 0) is 71.8 Å². The van der Waals surface area contributed by atoms with Gasteiger partial charge in [0.1, 0.15) is 12.4 Å². The molecule has 0 amide bonds. The molecule has 0 saturated carbocycles. The maximum Gasteiger partial charge on any atom is 0.161 e. The van der Waals surface area contributed by atoms with Gasteiger partial charge in [-0.15, -0.1) is 0 Å². The first-order valence-corrected chi connectivity index (χ1v) is 11.0. The molecule has 0 radical (unpaired) electrons. The van der Waals surface area contributed by atoms with Crippen molar-refractivity contribution >= 4 is 6.08 Å². The van der Waals surface area contributed by atoms with Crippen LogP contribution >= 0.6 is 0 Å². The lowest BCUT2D eigenvalue weighted by Crippen LogP contribution is -2.28. The van der Waals surface area contributed by atoms with E-state index in [1.165, 1.54) is 27.8 Å². The van der Waals surface area contributed by atoms with E-state index in [-0.39, 0.29) is 6.04 Å². The molecule has 1 N–H and O–H groups in total. The van der Waals surface area contributed by atoms with Gasteiger partial charge in [0.2, 0.25) is 0 Å². The molecule has 1 unspecified atom stereocenters. The minimum atomic E-state index is 0.123. The minimum Gasteiger partial charge on any atom is -0.496 e. The van der Waals surface area contributed by atoms with E-state index < -0.39 is 0 Å². The van der Waals surface area contributed by atoms with E-state index in [0.717, 1.165) is 35.8 Å². The second-order valence-corrected chi connectivity index (χ2v) is 8.12. The molecule has 4 nitrogen and oxygen atoms in total. The van der Waals surface area contributed by atoms with Crippen LogP contribution in [0.25, 0.3) is 6.08 Å². The molecule has 3 aromatic rings. The second-order valence-electron chi connectivity index (χ2n) is 8.12. The van der Waals surface area contributed by atoms with Gasteiger partial charge in [0.25, 0.3) is 0 Å². The van der Waals surface area contributed by atoms with Crippen LogP contribution < -0.4 is 19.5 Å². The Hall–Kier alpha value is -3.24. The molecular formula is C28H31NO3. The molecule has 4 heteroatoms. The van der Waals surface area contributed by atoms with E-state index in [9.17, 15) is 0 Å². The van der Waals surface area contributed by atoms with Crippen LogP contribution in [0.2, 0.25) is 0 Å². The quantitative estimate of drug-likeness (QED) is 0.515. The highest BCUT2D eigenvalue weighted by molar-refractivity contribution is 5.60. The highest BCUT2D eigenvalue weighted by Crippen LogP contribution is 2.36. The number of hydrogen-bond donors (Lipinski definition) is 1. The van der Waals surface area contributed by atoms with Crippen LogP contribution in [0.15, 0.2) is 60.7 Å². The van der Waals surface area contributed by atoms with Crippen molar-refractivity contribution in [1.29, 1.82) is 0 Å². The molecule has 0 aliphatic carbocycles. The normalized spacial score (nSPS) is 15.4. The van der Waals surface area contributed by atoms with Crippen molar-refractivity contribution in [3.8, 4) is 17.2 Å². The molecule has 32 heavy (non-hydrogen) atoms. The van der Waals surface area contributed by atoms with Crippen molar-refractivity contribution in [1.82, 2.24) is 5.32 Å². The first kappa shape index (κ1) is 22.0. The first-order chi connectivity index (χ1) is 15.6. The average Bonchev–Trinajstić information content (AvgIpc) is 2.83. The fourth-order valence-electron chi connectivity index (χ4n) is 4.19. The lowest BCUT2D eigenvalue weighted by atomic mass is 9.92. The van der Waals surface area contributed by atoms with Crippen molar-refractivity contribution in [3.63, 3.8) is 0 Å². The standard InChI is InChI=1S/C28H31NO3/c1-19-20(2)26(30-3)13-11-22(19)10-12-25-24-17-27(31-4)28(16-23(24)14-15-29-25)32-18-21-8-6-5-7-9-21/h5-13,16-17,25,29H,14-15,18H2,1-4H3/b12-10+. The number of methoxy groups -OCH3 is 2. The van der Waals surface area contributed by atoms with Gasteiger partial charge in [0.05, 0.1) is 20.3 Å². The summed E-state index contributed by atoms with van der Waals surface area (Å²) < 4.78 is 17.2. The van der Waals surface area contributed by atoms with E-state index in [1.807, 2.05) is 24.3 Å². The molecular weight excluding hydrogens is 398 g/mol. The monoisotopic (exact) mass is 429 g/mol. The predicted molar refractivity (Wildman–Crippen MR) is 130 cm³/mol. The van der Waals surface area contributed by atoms with Crippen LogP contribution in [-0.4, -0.2) is 20.8 Å². The Balaban J connectivity index is 1.58. The number of rotatable bonds is 7. The molecule has 166 valence electrons. The average molecular weight is 430 g/mol. The minimum absolute atomic E-state index is 0.123. The Morgan fingerprint density at radius 3 is 2.44 bits per heavy atom. The van der Waals surface area contributed by atoms with E-state index in [1.54, 1.807) is 14.2 Å². The molecule has 0 aromatic heterocycles. The second kappa shape index (κ2) is 9.92. The summed E-state index contributed by atoms with van der Waals surface area (Å²) in [5, 5.41) is 3.62. The molecule has 1 aliphatic rings. The Morgan fingerprint density at radius 1 is 0.906 bits per heavy atom. The van der Waals surface area contributed by atoms with Gasteiger partial charge in [0, 0.05) is 6.54 Å². The zero-order valence-electron chi connectivity index (χ0n) is 19.3. The lowest BCUT2D eigenvalue weighted by molar-refractivity contribution is 0.283. The predicted octanol–water partition coefficient (Wildman–Crippen LogP) is 5.80. The summed E-state index contributed by atoms with van der Waals surface area (Å²) in [6.07, 6.45) is 5.39. The zero-order valence-corrected chi connectivity index (χ0v) is 19.3. The zero-order chi connectivity index (χ0) is 22.5. The summed E-state index contributed by atoms with van der Waals surface area (Å²) in [7, 11) is 3.41. The molecule has 4 rings (SSSR count). The highest BCUT2D eigenvalue weighted by Gasteiger charge is 2.21. The van der Waals surface area contributed by atoms with E-state index in [2.05, 4.69) is 61.6 Å². The highest BCUT2D eigenvalue weighted by atomic mass is 16.5. The van der Waals surface area contributed by atoms with Gasteiger partial charge in [0.15, 0.2) is 11.5 Å². The first-order valence-electron chi connectivity index (χ1n) is 11.0. The molecule has 1 atom stereocenters. The number of hydrogen-bond acceptors (Lipinski definition) is 4. The summed E-state index contributed by atoms with van der Waals surface area (Å²) in [4.78, 5) is 0. The van der Waals surface area contributed by atoms with Gasteiger partial charge < -0.3 is 19.5 Å². The van der Waals surface area contributed by atoms with Crippen LogP contribution in [0.3, 0.4) is 0 Å². The SMILES string of the molecule is COc1cc2c(cc1OCc1ccccc1)CCNC2/C=C/c1ccc(OC)c(C)c1C. The number of fused-ring (bicyclic) bond motifs is 1. The largest absolute Gasteiger partial charge is 0.496 e. The van der Waals surface area contributed by atoms with Crippen molar-refractivity contribution in [2.24, 2.45) is 0 Å². The molecule has 0 saturated heterocycles. The van der Waals surface area contributed by atoms with Gasteiger partial charge >= 0.3 is 0 Å². The maximum atomic E-state index is 6.12. The van der Waals surface area contributed by atoms with E-state index in [0.29, 0.717) is 6.61 Å². The lowest BCUT2D eigenvalue weighted by Gasteiger charge is -2.26. The van der Waals surface area contributed by atoms with Gasteiger partial charge in [-0.3, -0.25) is 0 Å². The van der Waals surface area contributed by atoms with Crippen LogP contribution in [0.1, 0.15) is 39.4 Å². The van der Waals surface area contributed by atoms with Crippen LogP contribution in [0.5, 0.6) is 17.2 Å². The van der Waals surface area contributed by atoms with Crippen LogP contribution in [-0.2, 0) is 13.0 Å². The smallest absolute Gasteiger partial charge is 0.161 e. The number of nitrogens with one attached hydrogen (secondary N) is 1. The Labute approximate surface area is 190 Å². The third-order valence-corrected chi connectivity index (χ3v) is 6.22. The molecule has 0 spiro atoms. The summed E-state index contributed by atoms with van der Waals surface area (Å²) in [5.41, 5.74) is 7.28. The van der Waals surface area contributed by atoms with E-state index in [4.69, 9.17) is 14.2 Å². The maximum absolute atomic E-state index is 6.12. The molecule has 1 aliphatic heterocycles. The van der Waals surface area contributed by atoms with Gasteiger partial charge in [-0.2, -0.15) is 0 Å². The topological polar surface area (TPSA) is 39.7 Å². The summed E-state index contributed by atoms with van der Waals surface area (Å²) in [5.74, 6) is 2.48. The fraction of sp³-hybridized carbons (Fsp3) is 0.286. The summed E-state index contributed by atoms with van der Waals surface area (Å²) in [6.45, 7) is 5.68. The van der Waals surface area contributed by atoms with Crippen molar-refractivity contribution in [3.05, 3.63) is 94.1 Å². The molecule has 3 aromatic carbocycles. The third-order valence-electron chi connectivity index (χ3n) is 6.22. The Bertz CT molecular complexity index is 1110. The fourth-order valence-corrected chi connectivity index (χ4v) is 4.19. The third kappa shape index (κ3) is 4.66. The van der Waals surface area contributed by atoms with Crippen molar-refractivity contribution in [2.75, 3.05) is 20.8 Å². The molecule has 0 bridgehead atoms. The number of ether oxygens (including phenoxy) is 3. The van der Waals surface area contributed by atoms with Crippen LogP contribution in [0, 0.1) is 13.8 Å². The molecule has 1 heterocycles. The Kier molecular flexibility index (Phi) is 6.81. The van der Waals surface area contributed by atoms with Gasteiger partial charge in [-0.1, -0.05) is 48.6 Å². The van der Waals surface area contributed by atoms with Crippen LogP contribution in [0.4, 0.5) is 0 Å². The summed E-state index contributed by atoms with van der Waals surface area (Å²) in [6, 6.07) is 18.7. The summed E-state index contributed by atoms with van der Waals surface area (Å²) >= 11 is 0. The van der Waals surface area contributed by atoms with Crippen molar-refractivity contribution in [2.45, 2.75) is 32.9 Å². The molecule has 0 fully saturated rings. The van der Waals surface area contributed by atoms with E-state index >= 15 is 0 Å². The van der Waals surface area contributed by atoms with Crippen molar-refractivity contribution < 1.29 is 14.2 Å².